The van der Waals surface area contributed by atoms with Gasteiger partial charge in [-0.15, -0.1) is 0 Å². The first-order valence-corrected chi connectivity index (χ1v) is 3.04. The van der Waals surface area contributed by atoms with Gasteiger partial charge >= 0.3 is 0 Å². The van der Waals surface area contributed by atoms with E-state index in [0.29, 0.717) is 0 Å². The van der Waals surface area contributed by atoms with Crippen molar-refractivity contribution in [2.45, 2.75) is 39.9 Å². The smallest absolute Gasteiger partial charge is 0.112 e. The maximum absolute atomic E-state index is 11.7. The summed E-state index contributed by atoms with van der Waals surface area (Å²) in [5.74, 6) is 0. The summed E-state index contributed by atoms with van der Waals surface area (Å²) in [4.78, 5) is 0. The van der Waals surface area contributed by atoms with Gasteiger partial charge in [0.25, 0.3) is 0 Å². The van der Waals surface area contributed by atoms with Gasteiger partial charge in [0, 0.05) is 6.04 Å². The Bertz CT molecular complexity index is 29.5. The van der Waals surface area contributed by atoms with Crippen molar-refractivity contribution in [2.75, 3.05) is 0 Å². The van der Waals surface area contributed by atoms with Crippen LogP contribution in [0.5, 0.6) is 0 Å². The lowest BCUT2D eigenvalue weighted by molar-refractivity contribution is 0.318. The van der Waals surface area contributed by atoms with E-state index in [1.165, 1.54) is 6.92 Å². The zero-order valence-electron chi connectivity index (χ0n) is 6.11. The molecule has 0 bridgehead atoms. The van der Waals surface area contributed by atoms with Crippen molar-refractivity contribution >= 4 is 0 Å². The fraction of sp³-hybridized carbons (Fsp3) is 1.00. The number of alkyl halides is 1. The molecule has 0 aromatic rings. The molecule has 0 aliphatic heterocycles. The second-order valence-corrected chi connectivity index (χ2v) is 1.54. The third kappa shape index (κ3) is 9.31. The Hall–Kier alpha value is -0.110. The molecule has 2 unspecified atom stereocenters. The predicted octanol–water partition coefficient (Wildman–Crippen LogP) is 1.72. The van der Waals surface area contributed by atoms with E-state index >= 15 is 0 Å². The topological polar surface area (TPSA) is 26.0 Å². The molecule has 2 atom stereocenters. The first-order chi connectivity index (χ1) is 3.64. The summed E-state index contributed by atoms with van der Waals surface area (Å²) in [6, 6.07) is -0.315. The van der Waals surface area contributed by atoms with E-state index in [1.54, 1.807) is 6.92 Å². The zero-order valence-corrected chi connectivity index (χ0v) is 6.11. The highest BCUT2D eigenvalue weighted by atomic mass is 19.1. The van der Waals surface area contributed by atoms with Gasteiger partial charge in [-0.1, -0.05) is 13.8 Å². The molecule has 0 saturated heterocycles. The van der Waals surface area contributed by atoms with Gasteiger partial charge in [-0.2, -0.15) is 0 Å². The highest BCUT2D eigenvalue weighted by Gasteiger charge is 2.00. The zero-order chi connectivity index (χ0) is 7.15. The molecular formula is C6H16FN. The third-order valence-electron chi connectivity index (χ3n) is 0.725. The minimum absolute atomic E-state index is 0.315. The van der Waals surface area contributed by atoms with Crippen molar-refractivity contribution in [3.63, 3.8) is 0 Å². The van der Waals surface area contributed by atoms with E-state index in [2.05, 4.69) is 0 Å². The van der Waals surface area contributed by atoms with Gasteiger partial charge < -0.3 is 5.73 Å². The van der Waals surface area contributed by atoms with Crippen LogP contribution in [0.3, 0.4) is 0 Å². The lowest BCUT2D eigenvalue weighted by atomic mass is 10.3. The lowest BCUT2D eigenvalue weighted by Crippen LogP contribution is -2.24. The Morgan fingerprint density at radius 3 is 1.38 bits per heavy atom. The molecule has 1 nitrogen and oxygen atoms in total. The Labute approximate surface area is 51.1 Å². The van der Waals surface area contributed by atoms with Crippen LogP contribution in [0, 0.1) is 0 Å². The van der Waals surface area contributed by atoms with Gasteiger partial charge in [0.05, 0.1) is 0 Å². The highest BCUT2D eigenvalue weighted by molar-refractivity contribution is 4.58. The molecule has 52 valence electrons. The van der Waals surface area contributed by atoms with Crippen LogP contribution in [0.2, 0.25) is 0 Å². The molecule has 0 saturated carbocycles. The van der Waals surface area contributed by atoms with Crippen LogP contribution in [-0.4, -0.2) is 12.2 Å². The number of halogens is 1. The number of rotatable bonds is 1. The summed E-state index contributed by atoms with van der Waals surface area (Å²) in [6.07, 6.45) is -0.870. The second-order valence-electron chi connectivity index (χ2n) is 1.54. The molecular weight excluding hydrogens is 105 g/mol. The minimum Gasteiger partial charge on any atom is -0.325 e. The average Bonchev–Trinajstić information content (AvgIpc) is 1.72. The summed E-state index contributed by atoms with van der Waals surface area (Å²) >= 11 is 0. The van der Waals surface area contributed by atoms with Gasteiger partial charge in [0.2, 0.25) is 0 Å². The average molecular weight is 121 g/mol. The van der Waals surface area contributed by atoms with Crippen molar-refractivity contribution in [2.24, 2.45) is 5.73 Å². The van der Waals surface area contributed by atoms with Crippen LogP contribution in [0.4, 0.5) is 4.39 Å². The molecule has 0 aliphatic carbocycles. The maximum atomic E-state index is 11.7. The first kappa shape index (κ1) is 10.8. The van der Waals surface area contributed by atoms with Gasteiger partial charge in [-0.3, -0.25) is 0 Å². The van der Waals surface area contributed by atoms with Crippen molar-refractivity contribution in [3.05, 3.63) is 0 Å². The van der Waals surface area contributed by atoms with Crippen molar-refractivity contribution in [1.29, 1.82) is 0 Å². The van der Waals surface area contributed by atoms with Crippen LogP contribution in [0.1, 0.15) is 27.7 Å². The van der Waals surface area contributed by atoms with E-state index in [-0.39, 0.29) is 6.04 Å². The molecule has 0 rings (SSSR count). The molecule has 0 aliphatic rings. The van der Waals surface area contributed by atoms with Crippen LogP contribution in [0.15, 0.2) is 0 Å². The highest BCUT2D eigenvalue weighted by Crippen LogP contribution is 1.89. The van der Waals surface area contributed by atoms with E-state index in [9.17, 15) is 4.39 Å². The predicted molar refractivity (Wildman–Crippen MR) is 35.6 cm³/mol. The maximum Gasteiger partial charge on any atom is 0.112 e. The fourth-order valence-corrected chi connectivity index (χ4v) is 0. The van der Waals surface area contributed by atoms with Crippen molar-refractivity contribution in [1.82, 2.24) is 0 Å². The van der Waals surface area contributed by atoms with Gasteiger partial charge in [-0.05, 0) is 13.8 Å². The Morgan fingerprint density at radius 1 is 1.25 bits per heavy atom. The Balaban J connectivity index is 0. The van der Waals surface area contributed by atoms with Crippen molar-refractivity contribution < 1.29 is 4.39 Å². The number of hydrogen-bond acceptors (Lipinski definition) is 1. The van der Waals surface area contributed by atoms with Crippen LogP contribution < -0.4 is 5.73 Å². The quantitative estimate of drug-likeness (QED) is 0.561. The SMILES string of the molecule is CC.CC(N)C(C)F. The van der Waals surface area contributed by atoms with E-state index < -0.39 is 6.17 Å². The summed E-state index contributed by atoms with van der Waals surface area (Å²) < 4.78 is 11.7. The summed E-state index contributed by atoms with van der Waals surface area (Å²) in [5, 5.41) is 0. The monoisotopic (exact) mass is 121 g/mol. The molecule has 0 radical (unpaired) electrons. The summed E-state index contributed by atoms with van der Waals surface area (Å²) in [7, 11) is 0. The molecule has 2 N–H and O–H groups in total. The molecule has 0 fully saturated rings. The molecule has 0 aromatic heterocycles. The normalized spacial score (nSPS) is 15.8. The number of hydrogen-bond donors (Lipinski definition) is 1. The molecule has 0 amide bonds. The van der Waals surface area contributed by atoms with Crippen molar-refractivity contribution in [3.8, 4) is 0 Å². The third-order valence-corrected chi connectivity index (χ3v) is 0.725. The van der Waals surface area contributed by atoms with E-state index in [1.807, 2.05) is 13.8 Å². The van der Waals surface area contributed by atoms with Crippen LogP contribution in [-0.2, 0) is 0 Å². The Kier molecular flexibility index (Phi) is 9.30. The Morgan fingerprint density at radius 2 is 1.38 bits per heavy atom. The van der Waals surface area contributed by atoms with E-state index in [4.69, 9.17) is 5.73 Å². The standard InChI is InChI=1S/C4H10FN.C2H6/c1-3(5)4(2)6;1-2/h3-4H,6H2,1-2H3;1-2H3. The largest absolute Gasteiger partial charge is 0.325 e. The lowest BCUT2D eigenvalue weighted by Gasteiger charge is -2.01. The molecule has 8 heavy (non-hydrogen) atoms. The van der Waals surface area contributed by atoms with Gasteiger partial charge in [0.1, 0.15) is 6.17 Å². The van der Waals surface area contributed by atoms with Crippen LogP contribution in [0.25, 0.3) is 0 Å². The first-order valence-electron chi connectivity index (χ1n) is 3.04. The fourth-order valence-electron chi connectivity index (χ4n) is 0. The summed E-state index contributed by atoms with van der Waals surface area (Å²) in [5.41, 5.74) is 5.06. The summed E-state index contributed by atoms with van der Waals surface area (Å²) in [6.45, 7) is 7.09. The molecule has 2 heteroatoms. The van der Waals surface area contributed by atoms with Gasteiger partial charge in [0.15, 0.2) is 0 Å². The molecule has 0 aromatic carbocycles. The van der Waals surface area contributed by atoms with Crippen LogP contribution >= 0.6 is 0 Å². The second kappa shape index (κ2) is 6.89. The molecule has 0 heterocycles. The van der Waals surface area contributed by atoms with Gasteiger partial charge in [-0.25, -0.2) is 4.39 Å². The van der Waals surface area contributed by atoms with E-state index in [0.717, 1.165) is 0 Å². The number of nitrogens with two attached hydrogens (primary N) is 1. The minimum atomic E-state index is -0.870. The molecule has 0 spiro atoms.